The van der Waals surface area contributed by atoms with E-state index in [0.29, 0.717) is 0 Å². The van der Waals surface area contributed by atoms with Crippen LogP contribution in [0.2, 0.25) is 0 Å². The number of nitrogens with zero attached hydrogens (tertiary/aromatic N) is 1. The molecule has 1 aromatic carbocycles. The molecule has 1 aliphatic carbocycles. The predicted molar refractivity (Wildman–Crippen MR) is 97.4 cm³/mol. The Morgan fingerprint density at radius 2 is 2.33 bits per heavy atom. The van der Waals surface area contributed by atoms with E-state index in [9.17, 15) is 0 Å². The molecule has 2 atom stereocenters. The molecule has 4 heteroatoms. The van der Waals surface area contributed by atoms with Crippen LogP contribution in [0.25, 0.3) is 0 Å². The molecule has 2 nitrogen and oxygen atoms in total. The zero-order valence-corrected chi connectivity index (χ0v) is 15.2. The van der Waals surface area contributed by atoms with Gasteiger partial charge < -0.3 is 5.32 Å². The summed E-state index contributed by atoms with van der Waals surface area (Å²) in [6.07, 6.45) is 6.25. The van der Waals surface area contributed by atoms with Crippen molar-refractivity contribution >= 4 is 38.5 Å². The van der Waals surface area contributed by atoms with E-state index in [0.717, 1.165) is 27.7 Å². The van der Waals surface area contributed by atoms with Crippen molar-refractivity contribution in [1.29, 1.82) is 0 Å². The van der Waals surface area contributed by atoms with Crippen molar-refractivity contribution in [3.8, 4) is 0 Å². The average Bonchev–Trinajstić information content (AvgIpc) is 2.83. The van der Waals surface area contributed by atoms with Gasteiger partial charge in [0, 0.05) is 15.9 Å². The molecule has 21 heavy (non-hydrogen) atoms. The minimum Gasteiger partial charge on any atom is -0.335 e. The van der Waals surface area contributed by atoms with Crippen molar-refractivity contribution in [1.82, 2.24) is 0 Å². The second-order valence-corrected chi connectivity index (χ2v) is 8.29. The summed E-state index contributed by atoms with van der Waals surface area (Å²) >= 11 is 5.45. The number of aliphatic imine (C=N–C) groups is 1. The van der Waals surface area contributed by atoms with Crippen LogP contribution in [0, 0.1) is 5.92 Å². The smallest absolute Gasteiger partial charge is 0.161 e. The van der Waals surface area contributed by atoms with Crippen molar-refractivity contribution < 1.29 is 0 Å². The first-order chi connectivity index (χ1) is 10.1. The molecule has 1 N–H and O–H groups in total. The molecule has 1 aromatic rings. The molecule has 0 bridgehead atoms. The lowest BCUT2D eigenvalue weighted by Gasteiger charge is -2.33. The molecule has 2 aliphatic rings. The van der Waals surface area contributed by atoms with Gasteiger partial charge in [0.2, 0.25) is 0 Å². The van der Waals surface area contributed by atoms with Crippen molar-refractivity contribution in [2.45, 2.75) is 51.5 Å². The molecule has 0 aromatic heterocycles. The van der Waals surface area contributed by atoms with Crippen molar-refractivity contribution in [3.63, 3.8) is 0 Å². The molecular formula is C17H23BrN2S. The predicted octanol–water partition coefficient (Wildman–Crippen LogP) is 5.48. The van der Waals surface area contributed by atoms with Crippen LogP contribution in [0.3, 0.4) is 0 Å². The molecule has 3 rings (SSSR count). The summed E-state index contributed by atoms with van der Waals surface area (Å²) in [6, 6.07) is 6.45. The highest BCUT2D eigenvalue weighted by atomic mass is 79.9. The van der Waals surface area contributed by atoms with Gasteiger partial charge in [0.25, 0.3) is 0 Å². The van der Waals surface area contributed by atoms with E-state index >= 15 is 0 Å². The van der Waals surface area contributed by atoms with Gasteiger partial charge in [-0.05, 0) is 48.9 Å². The fraction of sp³-hybridized carbons (Fsp3) is 0.588. The summed E-state index contributed by atoms with van der Waals surface area (Å²) in [5, 5.41) is 4.68. The minimum atomic E-state index is 0.215. The zero-order chi connectivity index (χ0) is 14.9. The van der Waals surface area contributed by atoms with Gasteiger partial charge in [-0.1, -0.05) is 54.4 Å². The lowest BCUT2D eigenvalue weighted by atomic mass is 9.78. The van der Waals surface area contributed by atoms with Crippen molar-refractivity contribution in [2.24, 2.45) is 10.9 Å². The third-order valence-electron chi connectivity index (χ3n) is 4.57. The fourth-order valence-electron chi connectivity index (χ4n) is 3.50. The van der Waals surface area contributed by atoms with Gasteiger partial charge in [0.15, 0.2) is 5.17 Å². The van der Waals surface area contributed by atoms with Crippen LogP contribution in [0.5, 0.6) is 0 Å². The van der Waals surface area contributed by atoms with Crippen LogP contribution in [0.1, 0.15) is 45.1 Å². The Balaban J connectivity index is 1.77. The standard InChI is InChI=1S/C17H23BrN2S/c1-3-13-9-14(18)6-7-15(13)19-16-20-17(11-21-16)8-4-5-12(2)10-17/h6-7,9,12H,3-5,8,10-11H2,1-2H3,(H,19,20). The van der Waals surface area contributed by atoms with E-state index in [-0.39, 0.29) is 5.54 Å². The summed E-state index contributed by atoms with van der Waals surface area (Å²) in [4.78, 5) is 5.08. The van der Waals surface area contributed by atoms with Crippen LogP contribution in [-0.4, -0.2) is 16.5 Å². The number of nitrogens with one attached hydrogen (secondary N) is 1. The fourth-order valence-corrected chi connectivity index (χ4v) is 5.08. The highest BCUT2D eigenvalue weighted by Gasteiger charge is 2.39. The molecule has 1 spiro atoms. The summed E-state index contributed by atoms with van der Waals surface area (Å²) < 4.78 is 1.14. The SMILES string of the molecule is CCc1cc(Br)ccc1NC1=NC2(CCCC(C)C2)CS1. The van der Waals surface area contributed by atoms with Crippen LogP contribution >= 0.6 is 27.7 Å². The van der Waals surface area contributed by atoms with Crippen LogP contribution in [0.15, 0.2) is 27.7 Å². The van der Waals surface area contributed by atoms with Gasteiger partial charge in [-0.3, -0.25) is 4.99 Å². The van der Waals surface area contributed by atoms with Gasteiger partial charge in [-0.2, -0.15) is 0 Å². The van der Waals surface area contributed by atoms with Gasteiger partial charge >= 0.3 is 0 Å². The maximum Gasteiger partial charge on any atom is 0.161 e. The number of halogens is 1. The van der Waals surface area contributed by atoms with Gasteiger partial charge in [0.1, 0.15) is 0 Å². The van der Waals surface area contributed by atoms with E-state index < -0.39 is 0 Å². The topological polar surface area (TPSA) is 24.4 Å². The van der Waals surface area contributed by atoms with Crippen LogP contribution < -0.4 is 5.32 Å². The van der Waals surface area contributed by atoms with Crippen LogP contribution in [-0.2, 0) is 6.42 Å². The van der Waals surface area contributed by atoms with E-state index in [2.05, 4.69) is 53.3 Å². The maximum absolute atomic E-state index is 5.08. The molecule has 0 saturated heterocycles. The Labute approximate surface area is 140 Å². The molecule has 1 fully saturated rings. The van der Waals surface area contributed by atoms with E-state index in [1.54, 1.807) is 0 Å². The van der Waals surface area contributed by atoms with E-state index in [1.807, 2.05) is 11.8 Å². The number of anilines is 1. The number of hydrogen-bond donors (Lipinski definition) is 1. The molecule has 0 amide bonds. The number of benzene rings is 1. The summed E-state index contributed by atoms with van der Waals surface area (Å²) in [5.41, 5.74) is 2.75. The lowest BCUT2D eigenvalue weighted by molar-refractivity contribution is 0.266. The van der Waals surface area contributed by atoms with Crippen LogP contribution in [0.4, 0.5) is 5.69 Å². The molecule has 2 unspecified atom stereocenters. The highest BCUT2D eigenvalue weighted by Crippen LogP contribution is 2.42. The van der Waals surface area contributed by atoms with Gasteiger partial charge in [-0.25, -0.2) is 0 Å². The van der Waals surface area contributed by atoms with Crippen molar-refractivity contribution in [2.75, 3.05) is 11.1 Å². The normalized spacial score (nSPS) is 28.7. The first-order valence-corrected chi connectivity index (χ1v) is 9.66. The van der Waals surface area contributed by atoms with Gasteiger partial charge in [0.05, 0.1) is 5.54 Å². The lowest BCUT2D eigenvalue weighted by Crippen LogP contribution is -2.33. The number of rotatable bonds is 2. The van der Waals surface area contributed by atoms with E-state index in [1.165, 1.54) is 36.9 Å². The Hall–Kier alpha value is -0.480. The quantitative estimate of drug-likeness (QED) is 0.749. The van der Waals surface area contributed by atoms with Gasteiger partial charge in [-0.15, -0.1) is 0 Å². The second-order valence-electron chi connectivity index (χ2n) is 6.41. The van der Waals surface area contributed by atoms with Crippen molar-refractivity contribution in [3.05, 3.63) is 28.2 Å². The third-order valence-corrected chi connectivity index (χ3v) is 6.22. The Bertz CT molecular complexity index is 558. The monoisotopic (exact) mass is 366 g/mol. The number of thioether (sulfide) groups is 1. The average molecular weight is 367 g/mol. The number of hydrogen-bond acceptors (Lipinski definition) is 3. The third kappa shape index (κ3) is 3.48. The largest absolute Gasteiger partial charge is 0.335 e. The zero-order valence-electron chi connectivity index (χ0n) is 12.8. The molecule has 114 valence electrons. The minimum absolute atomic E-state index is 0.215. The molecule has 0 radical (unpaired) electrons. The first kappa shape index (κ1) is 15.4. The summed E-state index contributed by atoms with van der Waals surface area (Å²) in [6.45, 7) is 4.57. The molecule has 1 aliphatic heterocycles. The number of aryl methyl sites for hydroxylation is 1. The first-order valence-electron chi connectivity index (χ1n) is 7.88. The Kier molecular flexibility index (Phi) is 4.65. The Morgan fingerprint density at radius 1 is 1.48 bits per heavy atom. The summed E-state index contributed by atoms with van der Waals surface area (Å²) in [5.74, 6) is 1.97. The molecule has 1 saturated carbocycles. The number of amidine groups is 1. The molecular weight excluding hydrogens is 344 g/mol. The Morgan fingerprint density at radius 3 is 3.10 bits per heavy atom. The molecule has 1 heterocycles. The maximum atomic E-state index is 5.08. The van der Waals surface area contributed by atoms with E-state index in [4.69, 9.17) is 4.99 Å². The second kappa shape index (κ2) is 6.33. The highest BCUT2D eigenvalue weighted by molar-refractivity contribution is 9.10. The summed E-state index contributed by atoms with van der Waals surface area (Å²) in [7, 11) is 0.